The van der Waals surface area contributed by atoms with E-state index < -0.39 is 10.0 Å². The smallest absolute Gasteiger partial charge is 0.240 e. The largest absolute Gasteiger partial charge is 0.326 e. The Hall–Kier alpha value is -1.40. The van der Waals surface area contributed by atoms with Crippen LogP contribution >= 0.6 is 0 Å². The van der Waals surface area contributed by atoms with Crippen LogP contribution in [0.2, 0.25) is 0 Å². The van der Waals surface area contributed by atoms with Crippen LogP contribution in [0.1, 0.15) is 52.0 Å². The summed E-state index contributed by atoms with van der Waals surface area (Å²) in [6.07, 6.45) is 3.92. The van der Waals surface area contributed by atoms with Crippen molar-refractivity contribution in [3.63, 3.8) is 0 Å². The number of carbonyl (C=O) groups is 1. The van der Waals surface area contributed by atoms with Gasteiger partial charge in [-0.1, -0.05) is 26.7 Å². The summed E-state index contributed by atoms with van der Waals surface area (Å²) in [5.41, 5.74) is 1.59. The molecule has 0 saturated carbocycles. The van der Waals surface area contributed by atoms with Gasteiger partial charge in [0.15, 0.2) is 0 Å². The van der Waals surface area contributed by atoms with Crippen molar-refractivity contribution in [2.24, 2.45) is 5.92 Å². The third-order valence-electron chi connectivity index (χ3n) is 4.06. The summed E-state index contributed by atoms with van der Waals surface area (Å²) in [4.78, 5) is 11.6. The fourth-order valence-corrected chi connectivity index (χ4v) is 4.08. The molecule has 0 radical (unpaired) electrons. The summed E-state index contributed by atoms with van der Waals surface area (Å²) >= 11 is 0. The molecule has 6 heteroatoms. The predicted octanol–water partition coefficient (Wildman–Crippen LogP) is 3.06. The first-order valence-corrected chi connectivity index (χ1v) is 9.71. The molecule has 23 heavy (non-hydrogen) atoms. The maximum atomic E-state index is 12.5. The van der Waals surface area contributed by atoms with Crippen LogP contribution in [0.25, 0.3) is 0 Å². The fraction of sp³-hybridized carbons (Fsp3) is 0.588. The zero-order chi connectivity index (χ0) is 17.0. The van der Waals surface area contributed by atoms with Gasteiger partial charge in [0.2, 0.25) is 15.9 Å². The van der Waals surface area contributed by atoms with Crippen LogP contribution in [-0.4, -0.2) is 20.4 Å². The van der Waals surface area contributed by atoms with Crippen molar-refractivity contribution in [3.05, 3.63) is 23.8 Å². The van der Waals surface area contributed by atoms with E-state index in [1.54, 1.807) is 18.2 Å². The summed E-state index contributed by atoms with van der Waals surface area (Å²) in [7, 11) is -3.52. The quantitative estimate of drug-likeness (QED) is 0.802. The second-order valence-electron chi connectivity index (χ2n) is 6.71. The van der Waals surface area contributed by atoms with Crippen LogP contribution in [0.4, 0.5) is 5.69 Å². The number of fused-ring (bicyclic) bond motifs is 1. The van der Waals surface area contributed by atoms with E-state index in [0.717, 1.165) is 24.8 Å². The SMILES string of the molecule is CC(C)CCC[C@@H](C)NS(=O)(=O)c1ccc2c(c1)CCC(=O)N2. The lowest BCUT2D eigenvalue weighted by Gasteiger charge is -2.19. The van der Waals surface area contributed by atoms with Gasteiger partial charge >= 0.3 is 0 Å². The van der Waals surface area contributed by atoms with E-state index in [4.69, 9.17) is 0 Å². The van der Waals surface area contributed by atoms with Gasteiger partial charge in [0.1, 0.15) is 0 Å². The monoisotopic (exact) mass is 338 g/mol. The van der Waals surface area contributed by atoms with E-state index in [9.17, 15) is 13.2 Å². The number of amides is 1. The Morgan fingerprint density at radius 1 is 1.17 bits per heavy atom. The number of rotatable bonds is 7. The summed E-state index contributed by atoms with van der Waals surface area (Å²) < 4.78 is 27.7. The maximum Gasteiger partial charge on any atom is 0.240 e. The number of hydrogen-bond donors (Lipinski definition) is 2. The molecule has 2 rings (SSSR count). The number of anilines is 1. The van der Waals surface area contributed by atoms with Gasteiger partial charge in [-0.3, -0.25) is 4.79 Å². The third-order valence-corrected chi connectivity index (χ3v) is 5.64. The van der Waals surface area contributed by atoms with Gasteiger partial charge in [-0.25, -0.2) is 13.1 Å². The van der Waals surface area contributed by atoms with Crippen molar-refractivity contribution in [1.29, 1.82) is 0 Å². The first kappa shape index (κ1) is 17.9. The van der Waals surface area contributed by atoms with Gasteiger partial charge in [-0.05, 0) is 49.4 Å². The van der Waals surface area contributed by atoms with E-state index in [2.05, 4.69) is 23.9 Å². The molecule has 1 heterocycles. The standard InChI is InChI=1S/C17H26N2O3S/c1-12(2)5-4-6-13(3)19-23(21,22)15-8-9-16-14(11-15)7-10-17(20)18-16/h8-9,11-13,19H,4-7,10H2,1-3H3,(H,18,20)/t13-/m1/s1. The van der Waals surface area contributed by atoms with Crippen LogP contribution in [0, 0.1) is 5.92 Å². The molecular weight excluding hydrogens is 312 g/mol. The lowest BCUT2D eigenvalue weighted by atomic mass is 10.0. The molecule has 0 aliphatic carbocycles. The normalized spacial score (nSPS) is 16.1. The average Bonchev–Trinajstić information content (AvgIpc) is 2.45. The molecule has 0 unspecified atom stereocenters. The highest BCUT2D eigenvalue weighted by atomic mass is 32.2. The summed E-state index contributed by atoms with van der Waals surface area (Å²) in [6.45, 7) is 6.23. The molecule has 1 amide bonds. The summed E-state index contributed by atoms with van der Waals surface area (Å²) in [6, 6.07) is 4.80. The molecule has 1 aliphatic rings. The van der Waals surface area contributed by atoms with E-state index in [1.165, 1.54) is 0 Å². The Morgan fingerprint density at radius 3 is 2.61 bits per heavy atom. The number of carbonyl (C=O) groups excluding carboxylic acids is 1. The lowest BCUT2D eigenvalue weighted by Crippen LogP contribution is -2.32. The number of aryl methyl sites for hydroxylation is 1. The predicted molar refractivity (Wildman–Crippen MR) is 91.9 cm³/mol. The Balaban J connectivity index is 2.03. The zero-order valence-corrected chi connectivity index (χ0v) is 14.9. The fourth-order valence-electron chi connectivity index (χ4n) is 2.75. The van der Waals surface area contributed by atoms with Crippen molar-refractivity contribution in [2.75, 3.05) is 5.32 Å². The Labute approximate surface area is 138 Å². The van der Waals surface area contributed by atoms with Gasteiger partial charge in [-0.15, -0.1) is 0 Å². The number of sulfonamides is 1. The number of nitrogens with one attached hydrogen (secondary N) is 2. The van der Waals surface area contributed by atoms with Gasteiger partial charge in [-0.2, -0.15) is 0 Å². The van der Waals surface area contributed by atoms with Gasteiger partial charge < -0.3 is 5.32 Å². The molecule has 1 aromatic rings. The highest BCUT2D eigenvalue weighted by molar-refractivity contribution is 7.89. The highest BCUT2D eigenvalue weighted by Crippen LogP contribution is 2.25. The molecule has 0 bridgehead atoms. The van der Waals surface area contributed by atoms with Crippen molar-refractivity contribution in [2.45, 2.75) is 63.8 Å². The van der Waals surface area contributed by atoms with Gasteiger partial charge in [0.25, 0.3) is 0 Å². The number of hydrogen-bond acceptors (Lipinski definition) is 3. The van der Waals surface area contributed by atoms with Crippen molar-refractivity contribution in [1.82, 2.24) is 4.72 Å². The molecular formula is C17H26N2O3S. The highest BCUT2D eigenvalue weighted by Gasteiger charge is 2.21. The van der Waals surface area contributed by atoms with E-state index >= 15 is 0 Å². The Morgan fingerprint density at radius 2 is 1.91 bits per heavy atom. The number of benzene rings is 1. The Bertz CT molecular complexity index is 668. The topological polar surface area (TPSA) is 75.3 Å². The van der Waals surface area contributed by atoms with E-state index in [1.807, 2.05) is 6.92 Å². The van der Waals surface area contributed by atoms with Crippen LogP contribution in [-0.2, 0) is 21.2 Å². The maximum absolute atomic E-state index is 12.5. The summed E-state index contributed by atoms with van der Waals surface area (Å²) in [5.74, 6) is 0.611. The van der Waals surface area contributed by atoms with Crippen molar-refractivity contribution >= 4 is 21.6 Å². The molecule has 128 valence electrons. The minimum Gasteiger partial charge on any atom is -0.326 e. The molecule has 0 spiro atoms. The van der Waals surface area contributed by atoms with Crippen molar-refractivity contribution in [3.8, 4) is 0 Å². The Kier molecular flexibility index (Phi) is 5.81. The van der Waals surface area contributed by atoms with Crippen molar-refractivity contribution < 1.29 is 13.2 Å². The van der Waals surface area contributed by atoms with E-state index in [0.29, 0.717) is 24.4 Å². The minimum atomic E-state index is -3.52. The average molecular weight is 338 g/mol. The molecule has 2 N–H and O–H groups in total. The first-order chi connectivity index (χ1) is 10.8. The molecule has 0 aromatic heterocycles. The van der Waals surface area contributed by atoms with Crippen LogP contribution in [0.3, 0.4) is 0 Å². The molecule has 1 aliphatic heterocycles. The van der Waals surface area contributed by atoms with Gasteiger partial charge in [0, 0.05) is 18.2 Å². The van der Waals surface area contributed by atoms with Crippen LogP contribution < -0.4 is 10.0 Å². The first-order valence-electron chi connectivity index (χ1n) is 8.23. The second kappa shape index (κ2) is 7.45. The van der Waals surface area contributed by atoms with Crippen LogP contribution in [0.15, 0.2) is 23.1 Å². The lowest BCUT2D eigenvalue weighted by molar-refractivity contribution is -0.116. The molecule has 5 nitrogen and oxygen atoms in total. The minimum absolute atomic E-state index is 0.0231. The second-order valence-corrected chi connectivity index (χ2v) is 8.43. The summed E-state index contributed by atoms with van der Waals surface area (Å²) in [5, 5.41) is 2.76. The molecule has 0 fully saturated rings. The molecule has 1 atom stereocenters. The van der Waals surface area contributed by atoms with Gasteiger partial charge in [0.05, 0.1) is 4.90 Å². The zero-order valence-electron chi connectivity index (χ0n) is 14.1. The molecule has 0 saturated heterocycles. The third kappa shape index (κ3) is 5.04. The van der Waals surface area contributed by atoms with Crippen LogP contribution in [0.5, 0.6) is 0 Å². The molecule has 1 aromatic carbocycles. The van der Waals surface area contributed by atoms with E-state index in [-0.39, 0.29) is 16.8 Å².